The summed E-state index contributed by atoms with van der Waals surface area (Å²) >= 11 is 3.60. The lowest BCUT2D eigenvalue weighted by Crippen LogP contribution is -2.26. The summed E-state index contributed by atoms with van der Waals surface area (Å²) in [5.41, 5.74) is 1.18. The molecule has 2 aromatic rings. The van der Waals surface area contributed by atoms with Crippen molar-refractivity contribution in [3.63, 3.8) is 0 Å². The van der Waals surface area contributed by atoms with Gasteiger partial charge in [-0.2, -0.15) is 5.10 Å². The van der Waals surface area contributed by atoms with Crippen LogP contribution in [0.3, 0.4) is 0 Å². The van der Waals surface area contributed by atoms with E-state index in [0.29, 0.717) is 0 Å². The number of benzene rings is 1. The van der Waals surface area contributed by atoms with Gasteiger partial charge in [-0.3, -0.25) is 0 Å². The minimum atomic E-state index is 0.0630. The van der Waals surface area contributed by atoms with Crippen LogP contribution in [0.2, 0.25) is 0 Å². The van der Waals surface area contributed by atoms with E-state index in [1.165, 1.54) is 5.56 Å². The fourth-order valence-electron chi connectivity index (χ4n) is 1.99. The minimum absolute atomic E-state index is 0.0630. The van der Waals surface area contributed by atoms with Crippen molar-refractivity contribution in [2.75, 3.05) is 6.54 Å². The van der Waals surface area contributed by atoms with E-state index in [9.17, 15) is 0 Å². The fraction of sp³-hybridized carbons (Fsp3) is 0.385. The van der Waals surface area contributed by atoms with Crippen LogP contribution in [0.15, 0.2) is 35.1 Å². The summed E-state index contributed by atoms with van der Waals surface area (Å²) in [5, 5.41) is 7.71. The molecule has 1 aromatic heterocycles. The molecule has 0 saturated heterocycles. The first-order valence-electron chi connectivity index (χ1n) is 6.13. The zero-order valence-electron chi connectivity index (χ0n) is 10.6. The van der Waals surface area contributed by atoms with Crippen molar-refractivity contribution in [1.82, 2.24) is 20.1 Å². The van der Waals surface area contributed by atoms with Crippen molar-refractivity contribution >= 4 is 15.9 Å². The fourth-order valence-corrected chi connectivity index (χ4v) is 2.51. The molecule has 0 aliphatic rings. The number of hydrogen-bond donors (Lipinski definition) is 1. The second kappa shape index (κ2) is 6.11. The molecule has 1 N–H and O–H groups in total. The summed E-state index contributed by atoms with van der Waals surface area (Å²) in [5.74, 6) is 0.950. The SMILES string of the molecule is CCNC(c1ccccc1Br)c1ncnn1CC. The van der Waals surface area contributed by atoms with Gasteiger partial charge >= 0.3 is 0 Å². The number of aromatic nitrogens is 3. The van der Waals surface area contributed by atoms with Crippen LogP contribution >= 0.6 is 15.9 Å². The summed E-state index contributed by atoms with van der Waals surface area (Å²) in [7, 11) is 0. The van der Waals surface area contributed by atoms with Crippen LogP contribution in [-0.2, 0) is 6.54 Å². The smallest absolute Gasteiger partial charge is 0.148 e. The standard InChI is InChI=1S/C13H17BrN4/c1-3-15-12(10-7-5-6-8-11(10)14)13-16-9-17-18(13)4-2/h5-9,12,15H,3-4H2,1-2H3. The highest BCUT2D eigenvalue weighted by Gasteiger charge is 2.20. The van der Waals surface area contributed by atoms with Gasteiger partial charge in [0.25, 0.3) is 0 Å². The summed E-state index contributed by atoms with van der Waals surface area (Å²) in [6, 6.07) is 8.27. The molecule has 18 heavy (non-hydrogen) atoms. The summed E-state index contributed by atoms with van der Waals surface area (Å²) in [6.45, 7) is 5.86. The van der Waals surface area contributed by atoms with Crippen LogP contribution in [-0.4, -0.2) is 21.3 Å². The Bertz CT molecular complexity index is 509. The topological polar surface area (TPSA) is 42.7 Å². The lowest BCUT2D eigenvalue weighted by Gasteiger charge is -2.19. The van der Waals surface area contributed by atoms with Gasteiger partial charge in [0.15, 0.2) is 0 Å². The molecule has 1 heterocycles. The Morgan fingerprint density at radius 1 is 1.33 bits per heavy atom. The van der Waals surface area contributed by atoms with E-state index in [2.05, 4.69) is 51.2 Å². The quantitative estimate of drug-likeness (QED) is 0.923. The van der Waals surface area contributed by atoms with E-state index in [1.807, 2.05) is 22.9 Å². The van der Waals surface area contributed by atoms with E-state index in [-0.39, 0.29) is 6.04 Å². The van der Waals surface area contributed by atoms with Crippen molar-refractivity contribution in [1.29, 1.82) is 0 Å². The number of aryl methyl sites for hydroxylation is 1. The average Bonchev–Trinajstić information content (AvgIpc) is 2.85. The third kappa shape index (κ3) is 2.62. The predicted octanol–water partition coefficient (Wildman–Crippen LogP) is 2.76. The Labute approximate surface area is 116 Å². The van der Waals surface area contributed by atoms with E-state index in [4.69, 9.17) is 0 Å². The van der Waals surface area contributed by atoms with Gasteiger partial charge in [-0.1, -0.05) is 41.1 Å². The second-order valence-electron chi connectivity index (χ2n) is 3.95. The molecule has 0 bridgehead atoms. The van der Waals surface area contributed by atoms with Crippen LogP contribution in [0.25, 0.3) is 0 Å². The van der Waals surface area contributed by atoms with Gasteiger partial charge in [0.05, 0.1) is 6.04 Å². The largest absolute Gasteiger partial charge is 0.304 e. The highest BCUT2D eigenvalue weighted by Crippen LogP contribution is 2.27. The Hall–Kier alpha value is -1.20. The molecule has 0 radical (unpaired) electrons. The Balaban J connectivity index is 2.43. The van der Waals surface area contributed by atoms with Crippen LogP contribution in [0, 0.1) is 0 Å². The van der Waals surface area contributed by atoms with Gasteiger partial charge in [-0.25, -0.2) is 9.67 Å². The molecular weight excluding hydrogens is 292 g/mol. The molecule has 0 aliphatic carbocycles. The van der Waals surface area contributed by atoms with Gasteiger partial charge in [0, 0.05) is 11.0 Å². The van der Waals surface area contributed by atoms with E-state index in [0.717, 1.165) is 23.4 Å². The number of rotatable bonds is 5. The van der Waals surface area contributed by atoms with Crippen LogP contribution in [0.4, 0.5) is 0 Å². The van der Waals surface area contributed by atoms with E-state index >= 15 is 0 Å². The Kier molecular flexibility index (Phi) is 4.49. The number of nitrogens with one attached hydrogen (secondary N) is 1. The number of hydrogen-bond acceptors (Lipinski definition) is 3. The normalized spacial score (nSPS) is 12.6. The lowest BCUT2D eigenvalue weighted by atomic mass is 10.1. The molecule has 0 amide bonds. The highest BCUT2D eigenvalue weighted by molar-refractivity contribution is 9.10. The zero-order valence-corrected chi connectivity index (χ0v) is 12.2. The van der Waals surface area contributed by atoms with Crippen molar-refractivity contribution in [2.24, 2.45) is 0 Å². The second-order valence-corrected chi connectivity index (χ2v) is 4.80. The lowest BCUT2D eigenvalue weighted by molar-refractivity contribution is 0.530. The Morgan fingerprint density at radius 3 is 2.78 bits per heavy atom. The first kappa shape index (κ1) is 13.2. The van der Waals surface area contributed by atoms with Crippen molar-refractivity contribution in [2.45, 2.75) is 26.4 Å². The molecule has 1 aromatic carbocycles. The molecule has 0 saturated carbocycles. The molecule has 0 spiro atoms. The average molecular weight is 309 g/mol. The monoisotopic (exact) mass is 308 g/mol. The Morgan fingerprint density at radius 2 is 2.11 bits per heavy atom. The van der Waals surface area contributed by atoms with Crippen LogP contribution < -0.4 is 5.32 Å². The molecule has 0 aliphatic heterocycles. The maximum Gasteiger partial charge on any atom is 0.148 e. The van der Waals surface area contributed by atoms with Crippen molar-refractivity contribution in [3.8, 4) is 0 Å². The van der Waals surface area contributed by atoms with Gasteiger partial charge < -0.3 is 5.32 Å². The summed E-state index contributed by atoms with van der Waals surface area (Å²) in [4.78, 5) is 4.39. The first-order valence-corrected chi connectivity index (χ1v) is 6.92. The van der Waals surface area contributed by atoms with Crippen molar-refractivity contribution in [3.05, 3.63) is 46.5 Å². The molecule has 96 valence electrons. The van der Waals surface area contributed by atoms with Gasteiger partial charge in [-0.05, 0) is 25.1 Å². The number of halogens is 1. The third-order valence-electron chi connectivity index (χ3n) is 2.83. The van der Waals surface area contributed by atoms with Crippen LogP contribution in [0.1, 0.15) is 31.3 Å². The molecule has 4 nitrogen and oxygen atoms in total. The van der Waals surface area contributed by atoms with Gasteiger partial charge in [0.1, 0.15) is 12.2 Å². The molecular formula is C13H17BrN4. The van der Waals surface area contributed by atoms with Crippen LogP contribution in [0.5, 0.6) is 0 Å². The molecule has 0 fully saturated rings. The number of nitrogens with zero attached hydrogens (tertiary/aromatic N) is 3. The van der Waals surface area contributed by atoms with Gasteiger partial charge in [-0.15, -0.1) is 0 Å². The molecule has 5 heteroatoms. The molecule has 1 unspecified atom stereocenters. The molecule has 1 atom stereocenters. The summed E-state index contributed by atoms with van der Waals surface area (Å²) in [6.07, 6.45) is 1.61. The van der Waals surface area contributed by atoms with E-state index in [1.54, 1.807) is 6.33 Å². The molecule has 2 rings (SSSR count). The third-order valence-corrected chi connectivity index (χ3v) is 3.55. The predicted molar refractivity (Wildman–Crippen MR) is 75.4 cm³/mol. The van der Waals surface area contributed by atoms with Crippen molar-refractivity contribution < 1.29 is 0 Å². The maximum absolute atomic E-state index is 4.39. The zero-order chi connectivity index (χ0) is 13.0. The van der Waals surface area contributed by atoms with Gasteiger partial charge in [0.2, 0.25) is 0 Å². The maximum atomic E-state index is 4.39. The summed E-state index contributed by atoms with van der Waals surface area (Å²) < 4.78 is 3.01. The highest BCUT2D eigenvalue weighted by atomic mass is 79.9. The minimum Gasteiger partial charge on any atom is -0.304 e. The first-order chi connectivity index (χ1) is 8.77. The van der Waals surface area contributed by atoms with E-state index < -0.39 is 0 Å².